The van der Waals surface area contributed by atoms with Crippen molar-refractivity contribution in [2.45, 2.75) is 33.2 Å². The molecule has 2 N–H and O–H groups in total. The van der Waals surface area contributed by atoms with Gasteiger partial charge in [-0.15, -0.1) is 11.3 Å². The van der Waals surface area contributed by atoms with Crippen LogP contribution in [0, 0.1) is 0 Å². The van der Waals surface area contributed by atoms with E-state index in [0.29, 0.717) is 19.0 Å². The molecule has 0 radical (unpaired) electrons. The Kier molecular flexibility index (Phi) is 8.77. The van der Waals surface area contributed by atoms with Crippen LogP contribution in [0.2, 0.25) is 0 Å². The molecule has 0 saturated heterocycles. The maximum absolute atomic E-state index is 12.3. The second kappa shape index (κ2) is 11.3. The first-order valence-electron chi connectivity index (χ1n) is 9.36. The van der Waals surface area contributed by atoms with Crippen molar-refractivity contribution in [2.75, 3.05) is 26.7 Å². The summed E-state index contributed by atoms with van der Waals surface area (Å²) in [5, 5.41) is 6.48. The molecule has 0 bridgehead atoms. The van der Waals surface area contributed by atoms with Gasteiger partial charge in [0, 0.05) is 48.2 Å². The van der Waals surface area contributed by atoms with Crippen molar-refractivity contribution >= 4 is 23.2 Å². The summed E-state index contributed by atoms with van der Waals surface area (Å²) in [5.74, 6) is 0.656. The van der Waals surface area contributed by atoms with Gasteiger partial charge >= 0.3 is 0 Å². The normalized spacial score (nSPS) is 11.3. The highest BCUT2D eigenvalue weighted by Crippen LogP contribution is 2.16. The lowest BCUT2D eigenvalue weighted by Gasteiger charge is -2.16. The quantitative estimate of drug-likeness (QED) is 0.512. The highest BCUT2D eigenvalue weighted by molar-refractivity contribution is 7.11. The first-order chi connectivity index (χ1) is 13.1. The summed E-state index contributed by atoms with van der Waals surface area (Å²) < 4.78 is 0. The molecule has 0 unspecified atom stereocenters. The third-order valence-electron chi connectivity index (χ3n) is 4.07. The number of guanidine groups is 1. The number of aryl methyl sites for hydroxylation is 1. The van der Waals surface area contributed by atoms with E-state index in [1.54, 1.807) is 29.5 Å². The molecule has 0 fully saturated rings. The Morgan fingerprint density at radius 1 is 1.19 bits per heavy atom. The number of amides is 1. The molecule has 0 aliphatic heterocycles. The number of aromatic nitrogens is 1. The van der Waals surface area contributed by atoms with Crippen molar-refractivity contribution in [3.05, 3.63) is 52.0 Å². The Hall–Kier alpha value is -2.41. The Morgan fingerprint density at radius 3 is 2.67 bits per heavy atom. The van der Waals surface area contributed by atoms with Crippen molar-refractivity contribution < 1.29 is 4.79 Å². The van der Waals surface area contributed by atoms with Crippen LogP contribution in [-0.2, 0) is 24.2 Å². The Bertz CT molecular complexity index is 729. The van der Waals surface area contributed by atoms with Gasteiger partial charge in [-0.3, -0.25) is 9.78 Å². The lowest BCUT2D eigenvalue weighted by atomic mass is 10.2. The number of carbonyl (C=O) groups excluding carboxylic acids is 1. The van der Waals surface area contributed by atoms with Gasteiger partial charge in [0.25, 0.3) is 0 Å². The van der Waals surface area contributed by atoms with E-state index in [1.165, 1.54) is 9.75 Å². The van der Waals surface area contributed by atoms with Gasteiger partial charge in [-0.2, -0.15) is 0 Å². The zero-order valence-corrected chi connectivity index (χ0v) is 17.2. The van der Waals surface area contributed by atoms with E-state index >= 15 is 0 Å². The summed E-state index contributed by atoms with van der Waals surface area (Å²) in [6, 6.07) is 10.1. The van der Waals surface area contributed by atoms with Gasteiger partial charge in [0.15, 0.2) is 5.96 Å². The third kappa shape index (κ3) is 7.38. The summed E-state index contributed by atoms with van der Waals surface area (Å²) in [6.07, 6.45) is 3.56. The number of carbonyl (C=O) groups is 1. The zero-order valence-electron chi connectivity index (χ0n) is 16.4. The van der Waals surface area contributed by atoms with E-state index in [1.807, 2.05) is 25.1 Å². The minimum absolute atomic E-state index is 0.00692. The average Bonchev–Trinajstić information content (AvgIpc) is 3.17. The van der Waals surface area contributed by atoms with Crippen molar-refractivity contribution in [1.82, 2.24) is 20.5 Å². The molecule has 146 valence electrons. The topological polar surface area (TPSA) is 69.6 Å². The van der Waals surface area contributed by atoms with E-state index < -0.39 is 0 Å². The maximum atomic E-state index is 12.3. The number of likely N-dealkylation sites (N-methyl/N-ethyl adjacent to an activating group) is 1. The van der Waals surface area contributed by atoms with Crippen LogP contribution in [0.15, 0.2) is 41.5 Å². The van der Waals surface area contributed by atoms with Crippen LogP contribution in [0.5, 0.6) is 0 Å². The summed E-state index contributed by atoms with van der Waals surface area (Å²) in [5.41, 5.74) is 0.984. The fourth-order valence-electron chi connectivity index (χ4n) is 2.44. The van der Waals surface area contributed by atoms with Crippen LogP contribution in [-0.4, -0.2) is 48.4 Å². The standard InChI is InChI=1S/C20H29N5OS/c1-4-17-9-10-18(27-17)14-23-20(21-5-2)24-15-19(26)25(3)13-11-16-8-6-7-12-22-16/h6-10,12H,4-5,11,13-15H2,1-3H3,(H2,21,23,24). The van der Waals surface area contributed by atoms with Gasteiger partial charge in [-0.1, -0.05) is 13.0 Å². The molecule has 2 aromatic rings. The molecule has 2 heterocycles. The summed E-state index contributed by atoms with van der Waals surface area (Å²) in [6.45, 7) is 6.38. The largest absolute Gasteiger partial charge is 0.357 e. The minimum atomic E-state index is -0.00692. The van der Waals surface area contributed by atoms with Crippen molar-refractivity contribution in [3.8, 4) is 0 Å². The predicted molar refractivity (Wildman–Crippen MR) is 112 cm³/mol. The van der Waals surface area contributed by atoms with E-state index in [0.717, 1.165) is 25.1 Å². The number of hydrogen-bond acceptors (Lipinski definition) is 4. The molecule has 27 heavy (non-hydrogen) atoms. The van der Waals surface area contributed by atoms with Crippen LogP contribution in [0.4, 0.5) is 0 Å². The molecule has 0 aliphatic carbocycles. The average molecular weight is 388 g/mol. The van der Waals surface area contributed by atoms with Crippen LogP contribution >= 0.6 is 11.3 Å². The molecule has 0 aromatic carbocycles. The molecule has 0 saturated carbocycles. The summed E-state index contributed by atoms with van der Waals surface area (Å²) in [4.78, 5) is 25.4. The number of rotatable bonds is 9. The number of thiophene rings is 1. The van der Waals surface area contributed by atoms with E-state index in [-0.39, 0.29) is 12.5 Å². The maximum Gasteiger partial charge on any atom is 0.244 e. The molecule has 7 heteroatoms. The van der Waals surface area contributed by atoms with Gasteiger partial charge in [-0.05, 0) is 37.6 Å². The SMILES string of the molecule is CCNC(=NCC(=O)N(C)CCc1ccccn1)NCc1ccc(CC)s1. The number of pyridine rings is 1. The molecule has 2 rings (SSSR count). The number of nitrogens with zero attached hydrogens (tertiary/aromatic N) is 3. The van der Waals surface area contributed by atoms with Gasteiger partial charge in [0.05, 0.1) is 6.54 Å². The molecule has 6 nitrogen and oxygen atoms in total. The second-order valence-electron chi connectivity index (χ2n) is 6.16. The molecule has 1 amide bonds. The summed E-state index contributed by atoms with van der Waals surface area (Å²) >= 11 is 1.80. The third-order valence-corrected chi connectivity index (χ3v) is 5.30. The smallest absolute Gasteiger partial charge is 0.244 e. The molecule has 0 aliphatic rings. The number of aliphatic imine (C=N–C) groups is 1. The molecular weight excluding hydrogens is 358 g/mol. The molecular formula is C20H29N5OS. The van der Waals surface area contributed by atoms with E-state index in [9.17, 15) is 4.79 Å². The number of nitrogens with one attached hydrogen (secondary N) is 2. The van der Waals surface area contributed by atoms with Crippen molar-refractivity contribution in [1.29, 1.82) is 0 Å². The van der Waals surface area contributed by atoms with Crippen LogP contribution in [0.3, 0.4) is 0 Å². The van der Waals surface area contributed by atoms with Crippen LogP contribution < -0.4 is 10.6 Å². The molecule has 0 spiro atoms. The fraction of sp³-hybridized carbons (Fsp3) is 0.450. The van der Waals surface area contributed by atoms with Crippen LogP contribution in [0.1, 0.15) is 29.3 Å². The van der Waals surface area contributed by atoms with Gasteiger partial charge in [-0.25, -0.2) is 4.99 Å². The Morgan fingerprint density at radius 2 is 2.00 bits per heavy atom. The second-order valence-corrected chi connectivity index (χ2v) is 7.41. The van der Waals surface area contributed by atoms with Crippen molar-refractivity contribution in [3.63, 3.8) is 0 Å². The number of hydrogen-bond donors (Lipinski definition) is 2. The lowest BCUT2D eigenvalue weighted by molar-refractivity contribution is -0.128. The minimum Gasteiger partial charge on any atom is -0.357 e. The van der Waals surface area contributed by atoms with E-state index in [2.05, 4.69) is 39.7 Å². The van der Waals surface area contributed by atoms with Crippen molar-refractivity contribution in [2.24, 2.45) is 4.99 Å². The monoisotopic (exact) mass is 387 g/mol. The Balaban J connectivity index is 1.81. The van der Waals surface area contributed by atoms with Gasteiger partial charge < -0.3 is 15.5 Å². The van der Waals surface area contributed by atoms with E-state index in [4.69, 9.17) is 0 Å². The zero-order chi connectivity index (χ0) is 19.5. The predicted octanol–water partition coefficient (Wildman–Crippen LogP) is 2.46. The van der Waals surface area contributed by atoms with Gasteiger partial charge in [0.2, 0.25) is 5.91 Å². The molecule has 2 aromatic heterocycles. The Labute approximate surface area is 165 Å². The highest BCUT2D eigenvalue weighted by Gasteiger charge is 2.09. The van der Waals surface area contributed by atoms with Crippen LogP contribution in [0.25, 0.3) is 0 Å². The first-order valence-corrected chi connectivity index (χ1v) is 10.2. The molecule has 0 atom stereocenters. The lowest BCUT2D eigenvalue weighted by Crippen LogP contribution is -2.38. The first kappa shape index (κ1) is 20.9. The highest BCUT2D eigenvalue weighted by atomic mass is 32.1. The van der Waals surface area contributed by atoms with Gasteiger partial charge in [0.1, 0.15) is 6.54 Å². The summed E-state index contributed by atoms with van der Waals surface area (Å²) in [7, 11) is 1.80. The fourth-order valence-corrected chi connectivity index (χ4v) is 3.34.